The van der Waals surface area contributed by atoms with Crippen molar-refractivity contribution in [1.82, 2.24) is 4.57 Å². The van der Waals surface area contributed by atoms with E-state index in [9.17, 15) is 28.2 Å². The van der Waals surface area contributed by atoms with Gasteiger partial charge < -0.3 is 19.5 Å². The lowest BCUT2D eigenvalue weighted by Gasteiger charge is -2.19. The topological polar surface area (TPSA) is 71.7 Å². The van der Waals surface area contributed by atoms with Gasteiger partial charge in [-0.05, 0) is 60.6 Å². The average Bonchev–Trinajstić information content (AvgIpc) is 3.52. The summed E-state index contributed by atoms with van der Waals surface area (Å²) in [6.45, 7) is 1.30. The third kappa shape index (κ3) is 3.55. The number of aromatic carboxylic acids is 1. The maximum Gasteiger partial charge on any atom is 0.335 e. The number of hydrogen-bond acceptors (Lipinski definition) is 3. The lowest BCUT2D eigenvalue weighted by molar-refractivity contribution is 0.0697. The van der Waals surface area contributed by atoms with E-state index in [-0.39, 0.29) is 17.2 Å². The summed E-state index contributed by atoms with van der Waals surface area (Å²) in [4.78, 5) is 11.4. The molecule has 3 aromatic carbocycles. The van der Waals surface area contributed by atoms with Crippen LogP contribution in [0.2, 0.25) is 0 Å². The Morgan fingerprint density at radius 1 is 0.917 bits per heavy atom. The fraction of sp³-hybridized carbons (Fsp3) is 0.250. The van der Waals surface area contributed by atoms with Gasteiger partial charge in [0.25, 0.3) is 0 Å². The number of phenols is 1. The van der Waals surface area contributed by atoms with Crippen molar-refractivity contribution in [2.75, 3.05) is 13.2 Å². The zero-order chi connectivity index (χ0) is 25.1. The normalized spacial score (nSPS) is 21.2. The number of halogens is 3. The van der Waals surface area contributed by atoms with Crippen LogP contribution in [0.25, 0.3) is 27.7 Å². The quantitative estimate of drug-likeness (QED) is 0.352. The number of ether oxygens (including phenoxy) is 1. The Morgan fingerprint density at radius 2 is 1.61 bits per heavy atom. The largest absolute Gasteiger partial charge is 0.507 e. The highest BCUT2D eigenvalue weighted by molar-refractivity contribution is 6.03. The molecule has 1 aromatic heterocycles. The first-order chi connectivity index (χ1) is 17.3. The Labute approximate surface area is 204 Å². The number of phenolic OH excluding ortho intramolecular Hbond substituents is 1. The van der Waals surface area contributed by atoms with Gasteiger partial charge in [-0.25, -0.2) is 18.0 Å². The molecule has 2 N–H and O–H groups in total. The van der Waals surface area contributed by atoms with Crippen LogP contribution in [0.1, 0.15) is 34.8 Å². The Hall–Kier alpha value is -3.78. The third-order valence-electron chi connectivity index (χ3n) is 7.52. The Bertz CT molecular complexity index is 1500. The molecule has 1 saturated carbocycles. The fourth-order valence-electron chi connectivity index (χ4n) is 5.96. The monoisotopic (exact) mass is 493 g/mol. The Morgan fingerprint density at radius 3 is 2.25 bits per heavy atom. The Kier molecular flexibility index (Phi) is 5.30. The molecule has 2 fully saturated rings. The number of aromatic nitrogens is 1. The first-order valence-corrected chi connectivity index (χ1v) is 11.8. The highest BCUT2D eigenvalue weighted by atomic mass is 19.2. The minimum atomic E-state index is -1.07. The highest BCUT2D eigenvalue weighted by Crippen LogP contribution is 2.52. The van der Waals surface area contributed by atoms with Gasteiger partial charge in [-0.3, -0.25) is 0 Å². The molecule has 1 unspecified atom stereocenters. The molecule has 1 aliphatic carbocycles. The van der Waals surface area contributed by atoms with Gasteiger partial charge in [0.05, 0.1) is 16.5 Å². The number of carboxylic acids is 1. The van der Waals surface area contributed by atoms with Crippen LogP contribution in [0.15, 0.2) is 54.6 Å². The molecule has 1 saturated heterocycles. The first-order valence-electron chi connectivity index (χ1n) is 11.8. The highest BCUT2D eigenvalue weighted by Gasteiger charge is 2.41. The molecular formula is C28H22F3NO4. The lowest BCUT2D eigenvalue weighted by atomic mass is 9.92. The van der Waals surface area contributed by atoms with Crippen molar-refractivity contribution in [3.8, 4) is 22.6 Å². The van der Waals surface area contributed by atoms with Crippen molar-refractivity contribution in [2.45, 2.75) is 18.8 Å². The van der Waals surface area contributed by atoms with E-state index in [2.05, 4.69) is 0 Å². The molecule has 5 nitrogen and oxygen atoms in total. The number of benzene rings is 3. The minimum absolute atomic E-state index is 0.0268. The summed E-state index contributed by atoms with van der Waals surface area (Å²) in [5.41, 5.74) is 2.73. The smallest absolute Gasteiger partial charge is 0.335 e. The van der Waals surface area contributed by atoms with Gasteiger partial charge >= 0.3 is 5.97 Å². The van der Waals surface area contributed by atoms with E-state index >= 15 is 0 Å². The summed E-state index contributed by atoms with van der Waals surface area (Å²) in [7, 11) is 0. The number of nitrogens with zero attached hydrogens (tertiary/aromatic N) is 1. The van der Waals surface area contributed by atoms with E-state index in [0.29, 0.717) is 52.8 Å². The van der Waals surface area contributed by atoms with Crippen LogP contribution in [0.5, 0.6) is 5.75 Å². The molecule has 2 aliphatic rings. The number of hydrogen-bond donors (Lipinski definition) is 2. The van der Waals surface area contributed by atoms with Crippen LogP contribution in [-0.4, -0.2) is 34.0 Å². The van der Waals surface area contributed by atoms with Crippen molar-refractivity contribution in [3.05, 3.63) is 83.3 Å². The van der Waals surface area contributed by atoms with Crippen LogP contribution in [0, 0.1) is 29.3 Å². The maximum atomic E-state index is 14.6. The molecule has 0 radical (unpaired) electrons. The molecule has 4 aromatic rings. The van der Waals surface area contributed by atoms with Crippen LogP contribution >= 0.6 is 0 Å². The number of carbonyl (C=O) groups is 1. The molecule has 36 heavy (non-hydrogen) atoms. The van der Waals surface area contributed by atoms with Crippen molar-refractivity contribution in [1.29, 1.82) is 0 Å². The van der Waals surface area contributed by atoms with Crippen molar-refractivity contribution in [2.24, 2.45) is 11.8 Å². The summed E-state index contributed by atoms with van der Waals surface area (Å²) in [5, 5.41) is 20.6. The van der Waals surface area contributed by atoms with E-state index in [4.69, 9.17) is 4.74 Å². The van der Waals surface area contributed by atoms with Crippen LogP contribution < -0.4 is 0 Å². The SMILES string of the molecule is O=C(O)c1ccc(-c2c(C3C[C@H]4COC[C@H]4C3)n(-c3ccc(F)c(F)c3)c3cc(F)cc(O)c23)cc1. The van der Waals surface area contributed by atoms with Crippen molar-refractivity contribution in [3.63, 3.8) is 0 Å². The molecule has 184 valence electrons. The first kappa shape index (κ1) is 22.7. The van der Waals surface area contributed by atoms with E-state index in [1.165, 1.54) is 24.3 Å². The summed E-state index contributed by atoms with van der Waals surface area (Å²) < 4.78 is 50.2. The van der Waals surface area contributed by atoms with Gasteiger partial charge in [-0.15, -0.1) is 0 Å². The van der Waals surface area contributed by atoms with Gasteiger partial charge in [0.1, 0.15) is 11.6 Å². The summed E-state index contributed by atoms with van der Waals surface area (Å²) in [5.74, 6) is -3.39. The van der Waals surface area contributed by atoms with Gasteiger partial charge in [-0.1, -0.05) is 12.1 Å². The lowest BCUT2D eigenvalue weighted by Crippen LogP contribution is -2.08. The number of fused-ring (bicyclic) bond motifs is 2. The molecule has 1 aliphatic heterocycles. The molecule has 0 spiro atoms. The van der Waals surface area contributed by atoms with Gasteiger partial charge in [0.15, 0.2) is 11.6 Å². The van der Waals surface area contributed by atoms with Crippen LogP contribution in [0.3, 0.4) is 0 Å². The van der Waals surface area contributed by atoms with Gasteiger partial charge in [0.2, 0.25) is 0 Å². The Balaban J connectivity index is 1.68. The number of rotatable bonds is 4. The average molecular weight is 493 g/mol. The molecule has 0 amide bonds. The summed E-state index contributed by atoms with van der Waals surface area (Å²) >= 11 is 0. The molecule has 8 heteroatoms. The molecule has 2 heterocycles. The zero-order valence-corrected chi connectivity index (χ0v) is 19.0. The van der Waals surface area contributed by atoms with E-state index in [1.807, 2.05) is 0 Å². The predicted octanol–water partition coefficient (Wildman–Crippen LogP) is 6.26. The minimum Gasteiger partial charge on any atom is -0.507 e. The molecule has 3 atom stereocenters. The second-order valence-corrected chi connectivity index (χ2v) is 9.62. The summed E-state index contributed by atoms with van der Waals surface area (Å²) in [6.07, 6.45) is 1.57. The van der Waals surface area contributed by atoms with Gasteiger partial charge in [-0.2, -0.15) is 0 Å². The second-order valence-electron chi connectivity index (χ2n) is 9.62. The fourth-order valence-corrected chi connectivity index (χ4v) is 5.96. The third-order valence-corrected chi connectivity index (χ3v) is 7.52. The van der Waals surface area contributed by atoms with Gasteiger partial charge in [0, 0.05) is 48.2 Å². The molecule has 0 bridgehead atoms. The summed E-state index contributed by atoms with van der Waals surface area (Å²) in [6, 6.07) is 12.1. The number of carboxylic acid groups (broad SMARTS) is 1. The molecule has 6 rings (SSSR count). The predicted molar refractivity (Wildman–Crippen MR) is 127 cm³/mol. The van der Waals surface area contributed by atoms with Crippen molar-refractivity contribution < 1.29 is 32.9 Å². The van der Waals surface area contributed by atoms with Crippen LogP contribution in [-0.2, 0) is 4.74 Å². The second kappa shape index (κ2) is 8.41. The number of aromatic hydroxyl groups is 1. The van der Waals surface area contributed by atoms with Crippen LogP contribution in [0.4, 0.5) is 13.2 Å². The van der Waals surface area contributed by atoms with E-state index in [0.717, 1.165) is 36.7 Å². The standard InChI is InChI=1S/C28H22F3NO4/c29-19-9-23-26(24(33)10-19)25(14-1-3-15(4-2-14)28(34)35)27(16-7-17-12-36-13-18(17)8-16)32(23)20-5-6-21(30)22(31)11-20/h1-6,9-11,16-18,33H,7-8,12-13H2,(H,34,35)/t16?,17-,18+. The zero-order valence-electron chi connectivity index (χ0n) is 19.0. The van der Waals surface area contributed by atoms with Crippen molar-refractivity contribution >= 4 is 16.9 Å². The molecular weight excluding hydrogens is 471 g/mol. The van der Waals surface area contributed by atoms with E-state index < -0.39 is 23.4 Å². The maximum absolute atomic E-state index is 14.6. The van der Waals surface area contributed by atoms with E-state index in [1.54, 1.807) is 16.7 Å².